The number of para-hydroxylation sites is 1. The number of anilines is 1. The number of halogens is 3. The molecule has 6 nitrogen and oxygen atoms in total. The molecule has 33 heavy (non-hydrogen) atoms. The monoisotopic (exact) mass is 467 g/mol. The van der Waals surface area contributed by atoms with Crippen molar-refractivity contribution in [2.24, 2.45) is 0 Å². The van der Waals surface area contributed by atoms with Crippen LogP contribution in [0.4, 0.5) is 19.0 Å². The van der Waals surface area contributed by atoms with Crippen LogP contribution in [-0.4, -0.2) is 19.5 Å². The summed E-state index contributed by atoms with van der Waals surface area (Å²) in [7, 11) is 0. The number of aromatic nitrogens is 4. The zero-order valence-corrected chi connectivity index (χ0v) is 18.0. The van der Waals surface area contributed by atoms with Crippen molar-refractivity contribution in [3.8, 4) is 5.69 Å². The fourth-order valence-corrected chi connectivity index (χ4v) is 4.49. The Bertz CT molecular complexity index is 1530. The van der Waals surface area contributed by atoms with Gasteiger partial charge in [-0.25, -0.2) is 15.0 Å². The van der Waals surface area contributed by atoms with Crippen molar-refractivity contribution in [3.05, 3.63) is 88.0 Å². The van der Waals surface area contributed by atoms with Gasteiger partial charge >= 0.3 is 6.18 Å². The number of alkyl halides is 3. The van der Waals surface area contributed by atoms with Gasteiger partial charge in [0.15, 0.2) is 5.82 Å². The Morgan fingerprint density at radius 1 is 1.03 bits per heavy atom. The molecule has 0 radical (unpaired) electrons. The Morgan fingerprint density at radius 3 is 2.58 bits per heavy atom. The first kappa shape index (κ1) is 21.1. The zero-order chi connectivity index (χ0) is 23.2. The van der Waals surface area contributed by atoms with E-state index < -0.39 is 23.3 Å². The topological polar surface area (TPSA) is 72.7 Å². The van der Waals surface area contributed by atoms with Gasteiger partial charge in [-0.05, 0) is 36.6 Å². The Morgan fingerprint density at radius 2 is 1.82 bits per heavy atom. The molecule has 1 N–H and O–H groups in total. The molecule has 166 valence electrons. The molecule has 3 aromatic heterocycles. The van der Waals surface area contributed by atoms with Crippen LogP contribution in [0.1, 0.15) is 24.2 Å². The number of rotatable bonds is 4. The van der Waals surface area contributed by atoms with Gasteiger partial charge in [-0.2, -0.15) is 13.2 Å². The van der Waals surface area contributed by atoms with E-state index in [-0.39, 0.29) is 10.8 Å². The van der Waals surface area contributed by atoms with Crippen molar-refractivity contribution in [3.63, 3.8) is 0 Å². The van der Waals surface area contributed by atoms with Gasteiger partial charge in [0.2, 0.25) is 0 Å². The Labute approximate surface area is 189 Å². The van der Waals surface area contributed by atoms with E-state index in [9.17, 15) is 18.0 Å². The number of thiazole rings is 1. The minimum atomic E-state index is -4.66. The van der Waals surface area contributed by atoms with Gasteiger partial charge in [0.05, 0.1) is 22.5 Å². The summed E-state index contributed by atoms with van der Waals surface area (Å²) in [6.07, 6.45) is -3.24. The van der Waals surface area contributed by atoms with Crippen LogP contribution in [0.3, 0.4) is 0 Å². The number of nitrogens with zero attached hydrogens (tertiary/aromatic N) is 4. The van der Waals surface area contributed by atoms with E-state index in [1.54, 1.807) is 41.9 Å². The maximum atomic E-state index is 13.7. The summed E-state index contributed by atoms with van der Waals surface area (Å²) in [6, 6.07) is 13.5. The molecule has 10 heteroatoms. The van der Waals surface area contributed by atoms with E-state index in [1.165, 1.54) is 34.4 Å². The molecule has 5 aromatic rings. The van der Waals surface area contributed by atoms with Gasteiger partial charge in [-0.1, -0.05) is 30.3 Å². The lowest BCUT2D eigenvalue weighted by Crippen LogP contribution is -2.27. The van der Waals surface area contributed by atoms with Crippen LogP contribution in [0.5, 0.6) is 0 Å². The quantitative estimate of drug-likeness (QED) is 0.374. The van der Waals surface area contributed by atoms with Crippen molar-refractivity contribution in [2.45, 2.75) is 19.1 Å². The number of hydrogen-bond acceptors (Lipinski definition) is 6. The van der Waals surface area contributed by atoms with Crippen molar-refractivity contribution in [1.29, 1.82) is 0 Å². The molecular weight excluding hydrogens is 451 g/mol. The van der Waals surface area contributed by atoms with Crippen LogP contribution in [0.2, 0.25) is 0 Å². The molecular formula is C23H16F3N5OS. The smallest absolute Gasteiger partial charge is 0.360 e. The van der Waals surface area contributed by atoms with Gasteiger partial charge in [0, 0.05) is 11.4 Å². The second kappa shape index (κ2) is 7.96. The van der Waals surface area contributed by atoms with Gasteiger partial charge in [0.1, 0.15) is 16.7 Å². The zero-order valence-electron chi connectivity index (χ0n) is 17.2. The number of pyridine rings is 1. The number of benzene rings is 2. The van der Waals surface area contributed by atoms with E-state index in [1.807, 2.05) is 6.92 Å². The highest BCUT2D eigenvalue weighted by Crippen LogP contribution is 2.35. The molecule has 2 aromatic carbocycles. The van der Waals surface area contributed by atoms with Crippen molar-refractivity contribution in [2.75, 3.05) is 5.32 Å². The van der Waals surface area contributed by atoms with Crippen LogP contribution in [0.25, 0.3) is 26.8 Å². The highest BCUT2D eigenvalue weighted by atomic mass is 32.1. The van der Waals surface area contributed by atoms with Crippen molar-refractivity contribution < 1.29 is 13.2 Å². The molecule has 1 unspecified atom stereocenters. The molecule has 0 bridgehead atoms. The molecule has 0 amide bonds. The highest BCUT2D eigenvalue weighted by molar-refractivity contribution is 7.16. The highest BCUT2D eigenvalue weighted by Gasteiger charge is 2.34. The summed E-state index contributed by atoms with van der Waals surface area (Å²) in [6.45, 7) is 1.81. The Kier molecular flexibility index (Phi) is 5.09. The molecule has 0 fully saturated rings. The average Bonchev–Trinajstić information content (AvgIpc) is 3.28. The molecule has 3 heterocycles. The molecule has 0 aliphatic carbocycles. The normalized spacial score (nSPS) is 12.8. The van der Waals surface area contributed by atoms with Crippen LogP contribution >= 0.6 is 11.3 Å². The van der Waals surface area contributed by atoms with Crippen LogP contribution in [0, 0.1) is 0 Å². The average molecular weight is 467 g/mol. The predicted molar refractivity (Wildman–Crippen MR) is 122 cm³/mol. The van der Waals surface area contributed by atoms with E-state index in [4.69, 9.17) is 0 Å². The van der Waals surface area contributed by atoms with E-state index >= 15 is 0 Å². The van der Waals surface area contributed by atoms with Gasteiger partial charge < -0.3 is 5.32 Å². The largest absolute Gasteiger partial charge is 0.417 e. The third-order valence-electron chi connectivity index (χ3n) is 5.33. The summed E-state index contributed by atoms with van der Waals surface area (Å²) in [4.78, 5) is 27.0. The van der Waals surface area contributed by atoms with Gasteiger partial charge in [0.25, 0.3) is 5.56 Å². The molecule has 5 rings (SSSR count). The number of hydrogen-bond donors (Lipinski definition) is 1. The molecule has 1 atom stereocenters. The lowest BCUT2D eigenvalue weighted by atomic mass is 10.0. The Hall–Kier alpha value is -3.79. The fourth-order valence-electron chi connectivity index (χ4n) is 3.86. The first-order valence-corrected chi connectivity index (χ1v) is 10.8. The summed E-state index contributed by atoms with van der Waals surface area (Å²) in [5.41, 5.74) is 1.50. The first-order chi connectivity index (χ1) is 15.8. The number of nitrogens with one attached hydrogen (secondary N) is 1. The van der Waals surface area contributed by atoms with E-state index in [0.29, 0.717) is 27.5 Å². The van der Waals surface area contributed by atoms with Gasteiger partial charge in [-0.15, -0.1) is 11.3 Å². The summed E-state index contributed by atoms with van der Waals surface area (Å²) in [5, 5.41) is 3.09. The Balaban J connectivity index is 1.74. The SMILES string of the molecule is CC(Nc1ncnc2scnc12)c1cc2cccc(C(F)(F)F)c2c(=O)n1-c1ccccc1. The fraction of sp³-hybridized carbons (Fsp3) is 0.130. The second-order valence-corrected chi connectivity index (χ2v) is 8.24. The minimum Gasteiger partial charge on any atom is -0.360 e. The molecule has 0 saturated carbocycles. The lowest BCUT2D eigenvalue weighted by molar-refractivity contribution is -0.136. The van der Waals surface area contributed by atoms with Crippen molar-refractivity contribution in [1.82, 2.24) is 19.5 Å². The van der Waals surface area contributed by atoms with E-state index in [2.05, 4.69) is 20.3 Å². The maximum absolute atomic E-state index is 13.7. The summed E-state index contributed by atoms with van der Waals surface area (Å²) >= 11 is 1.37. The predicted octanol–water partition coefficient (Wildman–Crippen LogP) is 5.58. The van der Waals surface area contributed by atoms with E-state index in [0.717, 1.165) is 6.07 Å². The molecule has 0 aliphatic heterocycles. The molecule has 0 spiro atoms. The lowest BCUT2D eigenvalue weighted by Gasteiger charge is -2.22. The standard InChI is InChI=1S/C23H16F3N5OS/c1-13(30-20-19-21(28-11-27-20)33-12-29-19)17-10-14-6-5-9-16(23(24,25)26)18(14)22(32)31(17)15-7-3-2-4-8-15/h2-13H,1H3,(H,27,28,30). The first-order valence-electron chi connectivity index (χ1n) is 9.96. The van der Waals surface area contributed by atoms with Crippen molar-refractivity contribution >= 4 is 38.3 Å². The van der Waals surface area contributed by atoms with Crippen LogP contribution in [-0.2, 0) is 6.18 Å². The number of fused-ring (bicyclic) bond motifs is 2. The summed E-state index contributed by atoms with van der Waals surface area (Å²) < 4.78 is 42.5. The third kappa shape index (κ3) is 3.72. The third-order valence-corrected chi connectivity index (χ3v) is 6.06. The van der Waals surface area contributed by atoms with Crippen LogP contribution < -0.4 is 10.9 Å². The summed E-state index contributed by atoms with van der Waals surface area (Å²) in [5.74, 6) is 0.477. The van der Waals surface area contributed by atoms with Gasteiger partial charge in [-0.3, -0.25) is 9.36 Å². The minimum absolute atomic E-state index is 0.215. The molecule has 0 aliphatic rings. The second-order valence-electron chi connectivity index (χ2n) is 7.41. The van der Waals surface area contributed by atoms with Crippen LogP contribution in [0.15, 0.2) is 71.2 Å². The maximum Gasteiger partial charge on any atom is 0.417 e. The molecule has 0 saturated heterocycles.